The average molecular weight is 515 g/mol. The van der Waals surface area contributed by atoms with Gasteiger partial charge in [0.1, 0.15) is 11.3 Å². The summed E-state index contributed by atoms with van der Waals surface area (Å²) in [4.78, 5) is 35.7. The van der Waals surface area contributed by atoms with Crippen molar-refractivity contribution in [3.05, 3.63) is 98.4 Å². The maximum Gasteiger partial charge on any atom is 0.453 e. The predicted molar refractivity (Wildman–Crippen MR) is 123 cm³/mol. The van der Waals surface area contributed by atoms with E-state index in [0.29, 0.717) is 0 Å². The van der Waals surface area contributed by atoms with Gasteiger partial charge in [-0.15, -0.1) is 0 Å². The van der Waals surface area contributed by atoms with Crippen LogP contribution in [-0.4, -0.2) is 17.5 Å². The highest BCUT2D eigenvalue weighted by atomic mass is 19.4. The maximum absolute atomic E-state index is 13.9. The first-order valence-electron chi connectivity index (χ1n) is 10.6. The Morgan fingerprint density at radius 2 is 1.76 bits per heavy atom. The van der Waals surface area contributed by atoms with Crippen molar-refractivity contribution in [2.75, 3.05) is 6.61 Å². The molecular formula is C25H16F3NO8. The minimum absolute atomic E-state index is 0.121. The standard InChI is InChI=1S/C25H16F3NO8/c1-2-34-18-8-3-4-9-19(18)36-22-21(30)17-11-10-16(13-20(17)37-23(22)25(26,27)28)35-24(31)14-6-5-7-15(12-14)29(32)33/h3-13H,2H2,1H3. The lowest BCUT2D eigenvalue weighted by atomic mass is 10.2. The number of esters is 1. The Hall–Kier alpha value is -4.87. The number of non-ortho nitro benzene ring substituents is 1. The summed E-state index contributed by atoms with van der Waals surface area (Å²) < 4.78 is 62.4. The molecule has 190 valence electrons. The number of hydrogen-bond acceptors (Lipinski definition) is 8. The number of benzene rings is 3. The number of carbonyl (C=O) groups is 1. The number of alkyl halides is 3. The Morgan fingerprint density at radius 3 is 2.43 bits per heavy atom. The zero-order valence-electron chi connectivity index (χ0n) is 18.9. The van der Waals surface area contributed by atoms with Gasteiger partial charge in [-0.3, -0.25) is 14.9 Å². The highest BCUT2D eigenvalue weighted by Gasteiger charge is 2.40. The summed E-state index contributed by atoms with van der Waals surface area (Å²) in [7, 11) is 0. The van der Waals surface area contributed by atoms with E-state index in [-0.39, 0.29) is 40.5 Å². The Balaban J connectivity index is 1.74. The van der Waals surface area contributed by atoms with Crippen molar-refractivity contribution in [1.29, 1.82) is 0 Å². The summed E-state index contributed by atoms with van der Waals surface area (Å²) in [5.41, 5.74) is -2.15. The Kier molecular flexibility index (Phi) is 6.83. The molecule has 0 unspecified atom stereocenters. The predicted octanol–water partition coefficient (Wildman–Crippen LogP) is 6.13. The van der Waals surface area contributed by atoms with Crippen molar-refractivity contribution in [1.82, 2.24) is 0 Å². The van der Waals surface area contributed by atoms with E-state index in [4.69, 9.17) is 18.6 Å². The van der Waals surface area contributed by atoms with Gasteiger partial charge < -0.3 is 18.6 Å². The van der Waals surface area contributed by atoms with Gasteiger partial charge in [-0.2, -0.15) is 13.2 Å². The number of nitro benzene ring substituents is 1. The van der Waals surface area contributed by atoms with Crippen LogP contribution in [0.3, 0.4) is 0 Å². The fraction of sp³-hybridized carbons (Fsp3) is 0.120. The second-order valence-corrected chi connectivity index (χ2v) is 7.42. The molecule has 4 rings (SSSR count). The summed E-state index contributed by atoms with van der Waals surface area (Å²) in [6.45, 7) is 1.88. The summed E-state index contributed by atoms with van der Waals surface area (Å²) in [6.07, 6.45) is -5.11. The number of nitrogens with zero attached hydrogens (tertiary/aromatic N) is 1. The third kappa shape index (κ3) is 5.37. The molecule has 0 amide bonds. The highest BCUT2D eigenvalue weighted by molar-refractivity contribution is 5.92. The summed E-state index contributed by atoms with van der Waals surface area (Å²) in [6, 6.07) is 13.8. The zero-order chi connectivity index (χ0) is 26.7. The normalized spacial score (nSPS) is 11.2. The second-order valence-electron chi connectivity index (χ2n) is 7.42. The van der Waals surface area contributed by atoms with Crippen LogP contribution in [0, 0.1) is 10.1 Å². The number of hydrogen-bond donors (Lipinski definition) is 0. The van der Waals surface area contributed by atoms with Gasteiger partial charge in [0.25, 0.3) is 11.4 Å². The molecule has 12 heteroatoms. The molecule has 0 saturated carbocycles. The van der Waals surface area contributed by atoms with Gasteiger partial charge in [0.2, 0.25) is 11.2 Å². The summed E-state index contributed by atoms with van der Waals surface area (Å²) in [5, 5.41) is 10.7. The molecule has 0 radical (unpaired) electrons. The van der Waals surface area contributed by atoms with Gasteiger partial charge in [0, 0.05) is 18.2 Å². The minimum Gasteiger partial charge on any atom is -0.490 e. The van der Waals surface area contributed by atoms with Gasteiger partial charge in [-0.25, -0.2) is 4.79 Å². The average Bonchev–Trinajstić information content (AvgIpc) is 2.86. The quantitative estimate of drug-likeness (QED) is 0.125. The fourth-order valence-corrected chi connectivity index (χ4v) is 3.33. The van der Waals surface area contributed by atoms with Crippen LogP contribution in [0.15, 0.2) is 75.9 Å². The van der Waals surface area contributed by atoms with Crippen molar-refractivity contribution in [2.24, 2.45) is 0 Å². The topological polar surface area (TPSA) is 118 Å². The lowest BCUT2D eigenvalue weighted by Gasteiger charge is -2.15. The number of rotatable bonds is 7. The lowest BCUT2D eigenvalue weighted by Crippen LogP contribution is -2.16. The van der Waals surface area contributed by atoms with Gasteiger partial charge >= 0.3 is 12.1 Å². The molecule has 0 bridgehead atoms. The Bertz CT molecular complexity index is 1560. The molecule has 0 N–H and O–H groups in total. The summed E-state index contributed by atoms with van der Waals surface area (Å²) >= 11 is 0. The number of nitro groups is 1. The molecular weight excluding hydrogens is 499 g/mol. The smallest absolute Gasteiger partial charge is 0.453 e. The Labute approximate surface area is 205 Å². The third-order valence-corrected chi connectivity index (χ3v) is 4.94. The molecule has 0 aliphatic rings. The first-order chi connectivity index (χ1) is 17.6. The molecule has 0 fully saturated rings. The zero-order valence-corrected chi connectivity index (χ0v) is 18.9. The number of halogens is 3. The van der Waals surface area contributed by atoms with E-state index in [0.717, 1.165) is 18.2 Å². The highest BCUT2D eigenvalue weighted by Crippen LogP contribution is 2.40. The van der Waals surface area contributed by atoms with E-state index >= 15 is 0 Å². The van der Waals surface area contributed by atoms with Crippen molar-refractivity contribution < 1.29 is 41.5 Å². The molecule has 0 saturated heterocycles. The van der Waals surface area contributed by atoms with Crippen LogP contribution in [-0.2, 0) is 6.18 Å². The lowest BCUT2D eigenvalue weighted by molar-refractivity contribution is -0.384. The first-order valence-corrected chi connectivity index (χ1v) is 10.6. The third-order valence-electron chi connectivity index (χ3n) is 4.94. The first kappa shape index (κ1) is 25.2. The second kappa shape index (κ2) is 10.0. The van der Waals surface area contributed by atoms with Crippen LogP contribution in [0.5, 0.6) is 23.0 Å². The maximum atomic E-state index is 13.9. The molecule has 9 nitrogen and oxygen atoms in total. The number of para-hydroxylation sites is 2. The van der Waals surface area contributed by atoms with E-state index in [1.165, 1.54) is 42.5 Å². The van der Waals surface area contributed by atoms with Crippen LogP contribution >= 0.6 is 0 Å². The molecule has 3 aromatic carbocycles. The van der Waals surface area contributed by atoms with E-state index in [2.05, 4.69) is 0 Å². The van der Waals surface area contributed by atoms with E-state index in [9.17, 15) is 32.9 Å². The molecule has 1 heterocycles. The van der Waals surface area contributed by atoms with Crippen molar-refractivity contribution in [2.45, 2.75) is 13.1 Å². The van der Waals surface area contributed by atoms with Gasteiger partial charge in [0.05, 0.1) is 22.5 Å². The molecule has 4 aromatic rings. The van der Waals surface area contributed by atoms with E-state index < -0.39 is 39.6 Å². The molecule has 0 atom stereocenters. The molecule has 0 aliphatic carbocycles. The molecule has 0 aliphatic heterocycles. The van der Waals surface area contributed by atoms with E-state index in [1.54, 1.807) is 13.0 Å². The Morgan fingerprint density at radius 1 is 1.03 bits per heavy atom. The van der Waals surface area contributed by atoms with Gasteiger partial charge in [-0.1, -0.05) is 18.2 Å². The van der Waals surface area contributed by atoms with Crippen molar-refractivity contribution >= 4 is 22.6 Å². The number of ether oxygens (including phenoxy) is 3. The van der Waals surface area contributed by atoms with Gasteiger partial charge in [-0.05, 0) is 37.3 Å². The van der Waals surface area contributed by atoms with E-state index in [1.807, 2.05) is 0 Å². The van der Waals surface area contributed by atoms with Gasteiger partial charge in [0.15, 0.2) is 11.5 Å². The summed E-state index contributed by atoms with van der Waals surface area (Å²) in [5.74, 6) is -4.04. The van der Waals surface area contributed by atoms with Crippen LogP contribution in [0.2, 0.25) is 0 Å². The van der Waals surface area contributed by atoms with Crippen LogP contribution in [0.4, 0.5) is 18.9 Å². The number of carbonyl (C=O) groups excluding carboxylic acids is 1. The molecule has 37 heavy (non-hydrogen) atoms. The number of fused-ring (bicyclic) bond motifs is 1. The molecule has 0 spiro atoms. The monoisotopic (exact) mass is 515 g/mol. The molecule has 1 aromatic heterocycles. The van der Waals surface area contributed by atoms with Crippen LogP contribution < -0.4 is 19.6 Å². The fourth-order valence-electron chi connectivity index (χ4n) is 3.33. The van der Waals surface area contributed by atoms with Crippen LogP contribution in [0.25, 0.3) is 11.0 Å². The van der Waals surface area contributed by atoms with Crippen LogP contribution in [0.1, 0.15) is 23.0 Å². The van der Waals surface area contributed by atoms with Crippen molar-refractivity contribution in [3.63, 3.8) is 0 Å². The van der Waals surface area contributed by atoms with Crippen molar-refractivity contribution in [3.8, 4) is 23.0 Å². The minimum atomic E-state index is -5.11. The SMILES string of the molecule is CCOc1ccccc1Oc1c(C(F)(F)F)oc2cc(OC(=O)c3cccc([N+](=O)[O-])c3)ccc2c1=O. The largest absolute Gasteiger partial charge is 0.490 e.